The number of aromatic nitrogens is 2. The molecular weight excluding hydrogens is 308 g/mol. The fourth-order valence-electron chi connectivity index (χ4n) is 2.41. The third-order valence-electron chi connectivity index (χ3n) is 3.25. The van der Waals surface area contributed by atoms with E-state index in [-0.39, 0.29) is 5.54 Å². The van der Waals surface area contributed by atoms with Crippen LogP contribution in [0.4, 0.5) is 5.82 Å². The van der Waals surface area contributed by atoms with Crippen LogP contribution in [0.3, 0.4) is 0 Å². The van der Waals surface area contributed by atoms with Gasteiger partial charge >= 0.3 is 112 Å². The molecule has 0 saturated heterocycles. The summed E-state index contributed by atoms with van der Waals surface area (Å²) < 4.78 is 5.42. The molecular formula is C12H20N3Sb. The summed E-state index contributed by atoms with van der Waals surface area (Å²) in [6.07, 6.45) is 5.36. The van der Waals surface area contributed by atoms with E-state index >= 15 is 0 Å². The van der Waals surface area contributed by atoms with Gasteiger partial charge in [-0.15, -0.1) is 0 Å². The van der Waals surface area contributed by atoms with E-state index in [1.807, 2.05) is 0 Å². The molecule has 0 atom stereocenters. The minimum atomic E-state index is 0.0588. The summed E-state index contributed by atoms with van der Waals surface area (Å²) in [6, 6.07) is 2.24. The number of nitrogens with one attached hydrogen (secondary N) is 1. The Bertz CT molecular complexity index is 359. The van der Waals surface area contributed by atoms with Gasteiger partial charge in [0.15, 0.2) is 0 Å². The van der Waals surface area contributed by atoms with Crippen molar-refractivity contribution in [1.29, 1.82) is 0 Å². The van der Waals surface area contributed by atoms with E-state index in [9.17, 15) is 0 Å². The van der Waals surface area contributed by atoms with Gasteiger partial charge in [-0.05, 0) is 0 Å². The molecule has 0 amide bonds. The Morgan fingerprint density at radius 1 is 1.38 bits per heavy atom. The van der Waals surface area contributed by atoms with Crippen LogP contribution < -0.4 is 3.48 Å². The molecule has 1 aromatic rings. The van der Waals surface area contributed by atoms with Gasteiger partial charge in [0.25, 0.3) is 0 Å². The van der Waals surface area contributed by atoms with Gasteiger partial charge in [0.1, 0.15) is 0 Å². The van der Waals surface area contributed by atoms with Crippen molar-refractivity contribution in [2.24, 2.45) is 0 Å². The van der Waals surface area contributed by atoms with Crippen LogP contribution in [0, 0.1) is 0 Å². The SMILES string of the molecule is CC(C)(C)n1nc(C2CCCC2)cc1[NH][Sb]. The van der Waals surface area contributed by atoms with E-state index in [1.165, 1.54) is 31.4 Å². The Morgan fingerprint density at radius 3 is 2.44 bits per heavy atom. The van der Waals surface area contributed by atoms with Gasteiger partial charge in [0, 0.05) is 0 Å². The van der Waals surface area contributed by atoms with Crippen molar-refractivity contribution >= 4 is 29.1 Å². The molecule has 0 bridgehead atoms. The Balaban J connectivity index is 2.31. The fraction of sp³-hybridized carbons (Fsp3) is 0.750. The van der Waals surface area contributed by atoms with Crippen LogP contribution in [0.5, 0.6) is 0 Å². The third kappa shape index (κ3) is 2.39. The van der Waals surface area contributed by atoms with Gasteiger partial charge in [0.05, 0.1) is 0 Å². The molecule has 1 saturated carbocycles. The molecule has 2 radical (unpaired) electrons. The second kappa shape index (κ2) is 4.60. The molecule has 1 aliphatic carbocycles. The fourth-order valence-corrected chi connectivity index (χ4v) is 2.87. The summed E-state index contributed by atoms with van der Waals surface area (Å²) in [7, 11) is 0. The Labute approximate surface area is 112 Å². The van der Waals surface area contributed by atoms with E-state index in [0.29, 0.717) is 5.92 Å². The summed E-state index contributed by atoms with van der Waals surface area (Å²) in [4.78, 5) is 0. The zero-order valence-corrected chi connectivity index (χ0v) is 12.9. The third-order valence-corrected chi connectivity index (χ3v) is 3.91. The first-order chi connectivity index (χ1) is 7.52. The first-order valence-electron chi connectivity index (χ1n) is 6.03. The molecule has 1 fully saturated rings. The summed E-state index contributed by atoms with van der Waals surface area (Å²) in [6.45, 7) is 6.60. The number of hydrogen-bond acceptors (Lipinski definition) is 2. The van der Waals surface area contributed by atoms with Crippen molar-refractivity contribution in [2.45, 2.75) is 57.9 Å². The Morgan fingerprint density at radius 2 is 2.00 bits per heavy atom. The van der Waals surface area contributed by atoms with Crippen LogP contribution in [0.1, 0.15) is 58.1 Å². The zero-order chi connectivity index (χ0) is 11.8. The number of hydrogen-bond donors (Lipinski definition) is 1. The minimum absolute atomic E-state index is 0.0588. The second-order valence-corrected chi connectivity index (χ2v) is 6.27. The average Bonchev–Trinajstić information content (AvgIpc) is 2.85. The standard InChI is InChI=1S/C12H20N3.Sb/c1-12(2,3)15-11(13)8-10(14-15)9-6-4-5-7-9;/h8-9,13H,4-7H2,1-3H3;/q-1;+1. The zero-order valence-electron chi connectivity index (χ0n) is 10.3. The first kappa shape index (κ1) is 12.3. The van der Waals surface area contributed by atoms with Crippen molar-refractivity contribution in [3.8, 4) is 0 Å². The molecule has 2 rings (SSSR count). The molecule has 0 aromatic carbocycles. The monoisotopic (exact) mass is 327 g/mol. The molecule has 3 nitrogen and oxygen atoms in total. The summed E-state index contributed by atoms with van der Waals surface area (Å²) in [5, 5.41) is 4.80. The van der Waals surface area contributed by atoms with Crippen molar-refractivity contribution < 1.29 is 0 Å². The van der Waals surface area contributed by atoms with Gasteiger partial charge in [-0.2, -0.15) is 0 Å². The van der Waals surface area contributed by atoms with E-state index in [2.05, 4.69) is 35.0 Å². The van der Waals surface area contributed by atoms with Gasteiger partial charge in [0.2, 0.25) is 0 Å². The van der Waals surface area contributed by atoms with Crippen molar-refractivity contribution in [1.82, 2.24) is 9.78 Å². The Kier molecular flexibility index (Phi) is 3.53. The molecule has 1 aromatic heterocycles. The van der Waals surface area contributed by atoms with Crippen LogP contribution in [-0.2, 0) is 5.54 Å². The molecule has 16 heavy (non-hydrogen) atoms. The molecule has 0 aliphatic heterocycles. The molecule has 1 heterocycles. The van der Waals surface area contributed by atoms with Crippen LogP contribution in [0.15, 0.2) is 6.07 Å². The molecule has 4 heteroatoms. The Hall–Kier alpha value is -0.172. The van der Waals surface area contributed by atoms with E-state index in [1.54, 1.807) is 23.3 Å². The molecule has 88 valence electrons. The van der Waals surface area contributed by atoms with Crippen molar-refractivity contribution in [3.05, 3.63) is 11.8 Å². The van der Waals surface area contributed by atoms with E-state index in [0.717, 1.165) is 5.82 Å². The quantitative estimate of drug-likeness (QED) is 0.846. The van der Waals surface area contributed by atoms with Crippen LogP contribution >= 0.6 is 0 Å². The predicted octanol–water partition coefficient (Wildman–Crippen LogP) is 2.79. The first-order valence-corrected chi connectivity index (χ1v) is 7.30. The number of anilines is 1. The maximum atomic E-state index is 4.80. The molecule has 0 spiro atoms. The topological polar surface area (TPSA) is 29.9 Å². The summed E-state index contributed by atoms with van der Waals surface area (Å²) in [5.41, 5.74) is 1.34. The van der Waals surface area contributed by atoms with Crippen LogP contribution in [0.2, 0.25) is 0 Å². The summed E-state index contributed by atoms with van der Waals surface area (Å²) >= 11 is 1.61. The van der Waals surface area contributed by atoms with Gasteiger partial charge in [-0.3, -0.25) is 0 Å². The molecule has 1 N–H and O–H groups in total. The maximum absolute atomic E-state index is 4.80. The van der Waals surface area contributed by atoms with Crippen LogP contribution in [0.25, 0.3) is 0 Å². The molecule has 0 unspecified atom stereocenters. The number of rotatable bonds is 2. The van der Waals surface area contributed by atoms with Gasteiger partial charge < -0.3 is 0 Å². The summed E-state index contributed by atoms with van der Waals surface area (Å²) in [5.74, 6) is 1.85. The number of nitrogens with zero attached hydrogens (tertiary/aromatic N) is 2. The van der Waals surface area contributed by atoms with Gasteiger partial charge in [-0.25, -0.2) is 0 Å². The average molecular weight is 328 g/mol. The van der Waals surface area contributed by atoms with Crippen LogP contribution in [-0.4, -0.2) is 33.1 Å². The van der Waals surface area contributed by atoms with Crippen molar-refractivity contribution in [2.75, 3.05) is 3.48 Å². The van der Waals surface area contributed by atoms with Gasteiger partial charge in [-0.1, -0.05) is 0 Å². The molecule has 1 aliphatic rings. The second-order valence-electron chi connectivity index (χ2n) is 5.63. The van der Waals surface area contributed by atoms with E-state index in [4.69, 9.17) is 5.10 Å². The van der Waals surface area contributed by atoms with E-state index < -0.39 is 0 Å². The predicted molar refractivity (Wildman–Crippen MR) is 67.8 cm³/mol. The normalized spacial score (nSPS) is 18.0. The van der Waals surface area contributed by atoms with Crippen molar-refractivity contribution in [3.63, 3.8) is 0 Å².